The van der Waals surface area contributed by atoms with Crippen molar-refractivity contribution in [3.8, 4) is 16.9 Å². The summed E-state index contributed by atoms with van der Waals surface area (Å²) < 4.78 is 64.5. The lowest BCUT2D eigenvalue weighted by atomic mass is 9.89. The summed E-state index contributed by atoms with van der Waals surface area (Å²) in [5.41, 5.74) is 1.55. The second kappa shape index (κ2) is 14.0. The van der Waals surface area contributed by atoms with Crippen LogP contribution in [0.5, 0.6) is 5.75 Å². The number of hydrogen-bond acceptors (Lipinski definition) is 7. The standard InChI is InChI=1S/C35H37ClF2N2O6S2/c1-35(2,3)46-34(42)39-23-9-11-24(12-10-23)40(33(41)32-30(36)29-26(37)15-16-27(38)31(29)47-32)19-22-18-21(8-17-28(22)45-4)20-6-13-25(14-7-20)48(5,43)44/h6-8,13-18,23-24H,9-12,19H2,1-5H3,(H,39,42)/t23-,24-. The van der Waals surface area contributed by atoms with E-state index in [1.54, 1.807) is 43.9 Å². The van der Waals surface area contributed by atoms with Gasteiger partial charge >= 0.3 is 6.09 Å². The highest BCUT2D eigenvalue weighted by molar-refractivity contribution is 7.90. The first-order valence-corrected chi connectivity index (χ1v) is 18.5. The molecule has 0 aliphatic heterocycles. The number of methoxy groups -OCH3 is 1. The van der Waals surface area contributed by atoms with Crippen molar-refractivity contribution in [3.63, 3.8) is 0 Å². The monoisotopic (exact) mass is 718 g/mol. The smallest absolute Gasteiger partial charge is 0.407 e. The third-order valence-corrected chi connectivity index (χ3v) is 11.0. The van der Waals surface area contributed by atoms with E-state index in [9.17, 15) is 26.8 Å². The molecule has 5 rings (SSSR count). The number of nitrogens with one attached hydrogen (secondary N) is 1. The molecule has 1 aromatic heterocycles. The van der Waals surface area contributed by atoms with Gasteiger partial charge in [0.1, 0.15) is 27.9 Å². The first kappa shape index (κ1) is 35.6. The van der Waals surface area contributed by atoms with E-state index in [1.165, 1.54) is 19.2 Å². The SMILES string of the molecule is COc1ccc(-c2ccc(S(C)(=O)=O)cc2)cc1CN(C(=O)c1sc2c(F)ccc(F)c2c1Cl)[C@H]1CC[C@H](NC(=O)OC(C)(C)C)CC1. The molecule has 0 unspecified atom stereocenters. The van der Waals surface area contributed by atoms with Crippen molar-refractivity contribution in [2.24, 2.45) is 0 Å². The summed E-state index contributed by atoms with van der Waals surface area (Å²) in [6.45, 7) is 5.45. The number of ether oxygens (including phenoxy) is 2. The molecular weight excluding hydrogens is 682 g/mol. The molecule has 48 heavy (non-hydrogen) atoms. The summed E-state index contributed by atoms with van der Waals surface area (Å²) in [5.74, 6) is -1.35. The first-order chi connectivity index (χ1) is 22.6. The normalized spacial score (nSPS) is 16.8. The lowest BCUT2D eigenvalue weighted by Gasteiger charge is -2.37. The number of rotatable bonds is 8. The number of carbonyl (C=O) groups is 2. The second-order valence-electron chi connectivity index (χ2n) is 12.9. The van der Waals surface area contributed by atoms with Gasteiger partial charge in [0.25, 0.3) is 5.91 Å². The molecule has 8 nitrogen and oxygen atoms in total. The second-order valence-corrected chi connectivity index (χ2v) is 16.3. The van der Waals surface area contributed by atoms with Crippen LogP contribution in [0.3, 0.4) is 0 Å². The fraction of sp³-hybridized carbons (Fsp3) is 0.371. The van der Waals surface area contributed by atoms with Gasteiger partial charge < -0.3 is 19.7 Å². The topological polar surface area (TPSA) is 102 Å². The van der Waals surface area contributed by atoms with E-state index >= 15 is 0 Å². The third-order valence-electron chi connectivity index (χ3n) is 8.23. The van der Waals surface area contributed by atoms with Crippen molar-refractivity contribution in [1.82, 2.24) is 10.2 Å². The molecule has 1 N–H and O–H groups in total. The number of amides is 2. The molecule has 1 aliphatic rings. The number of hydrogen-bond donors (Lipinski definition) is 1. The lowest BCUT2D eigenvalue weighted by Crippen LogP contribution is -2.46. The van der Waals surface area contributed by atoms with Crippen LogP contribution in [-0.4, -0.2) is 56.4 Å². The van der Waals surface area contributed by atoms with Crippen LogP contribution in [0.1, 0.15) is 61.7 Å². The Balaban J connectivity index is 1.49. The number of halogens is 3. The maximum absolute atomic E-state index is 14.8. The maximum atomic E-state index is 14.8. The van der Waals surface area contributed by atoms with E-state index < -0.39 is 39.1 Å². The third kappa shape index (κ3) is 7.93. The van der Waals surface area contributed by atoms with Gasteiger partial charge in [0, 0.05) is 30.4 Å². The zero-order valence-corrected chi connectivity index (χ0v) is 29.6. The summed E-state index contributed by atoms with van der Waals surface area (Å²) in [5, 5.41) is 2.64. The molecule has 1 fully saturated rings. The van der Waals surface area contributed by atoms with E-state index in [1.807, 2.05) is 12.1 Å². The van der Waals surface area contributed by atoms with Gasteiger partial charge in [-0.1, -0.05) is 29.8 Å². The fourth-order valence-corrected chi connectivity index (χ4v) is 8.03. The number of fused-ring (bicyclic) bond motifs is 1. The average Bonchev–Trinajstić information content (AvgIpc) is 3.38. The molecule has 1 saturated carbocycles. The Hall–Kier alpha value is -3.74. The van der Waals surface area contributed by atoms with Crippen molar-refractivity contribution in [2.75, 3.05) is 13.4 Å². The van der Waals surface area contributed by atoms with Gasteiger partial charge in [-0.25, -0.2) is 22.0 Å². The molecule has 0 bridgehead atoms. The molecule has 0 radical (unpaired) electrons. The Labute approximate surface area is 287 Å². The van der Waals surface area contributed by atoms with Crippen LogP contribution in [0.25, 0.3) is 21.2 Å². The highest BCUT2D eigenvalue weighted by Gasteiger charge is 2.34. The van der Waals surface area contributed by atoms with E-state index in [4.69, 9.17) is 21.1 Å². The fourth-order valence-electron chi connectivity index (χ4n) is 5.90. The van der Waals surface area contributed by atoms with Crippen LogP contribution in [0.2, 0.25) is 5.02 Å². The van der Waals surface area contributed by atoms with Crippen molar-refractivity contribution >= 4 is 54.9 Å². The Kier molecular flexibility index (Phi) is 10.4. The van der Waals surface area contributed by atoms with Crippen LogP contribution in [0, 0.1) is 11.6 Å². The molecule has 1 heterocycles. The van der Waals surface area contributed by atoms with Crippen molar-refractivity contribution < 1.29 is 36.3 Å². The van der Waals surface area contributed by atoms with Gasteiger partial charge in [-0.2, -0.15) is 0 Å². The van der Waals surface area contributed by atoms with Crippen LogP contribution in [0.15, 0.2) is 59.5 Å². The number of alkyl carbamates (subject to hydrolysis) is 1. The molecule has 2 amide bonds. The van der Waals surface area contributed by atoms with Gasteiger partial charge in [0.2, 0.25) is 0 Å². The van der Waals surface area contributed by atoms with Crippen molar-refractivity contribution in [3.05, 3.63) is 81.7 Å². The van der Waals surface area contributed by atoms with E-state index in [2.05, 4.69) is 5.32 Å². The highest BCUT2D eigenvalue weighted by Crippen LogP contribution is 2.41. The van der Waals surface area contributed by atoms with E-state index in [0.29, 0.717) is 37.0 Å². The van der Waals surface area contributed by atoms with Crippen LogP contribution in [-0.2, 0) is 21.1 Å². The molecule has 0 spiro atoms. The molecular formula is C35H37ClF2N2O6S2. The molecule has 256 valence electrons. The van der Waals surface area contributed by atoms with Crippen molar-refractivity contribution in [1.29, 1.82) is 0 Å². The number of sulfone groups is 1. The van der Waals surface area contributed by atoms with Gasteiger partial charge in [-0.05, 0) is 94.0 Å². The summed E-state index contributed by atoms with van der Waals surface area (Å²) in [4.78, 5) is 28.7. The molecule has 4 aromatic rings. The van der Waals surface area contributed by atoms with Gasteiger partial charge in [0.15, 0.2) is 9.84 Å². The van der Waals surface area contributed by atoms with Crippen LogP contribution < -0.4 is 10.1 Å². The minimum Gasteiger partial charge on any atom is -0.496 e. The summed E-state index contributed by atoms with van der Waals surface area (Å²) >= 11 is 7.40. The summed E-state index contributed by atoms with van der Waals surface area (Å²) in [6, 6.07) is 13.5. The molecule has 0 atom stereocenters. The number of benzene rings is 3. The van der Waals surface area contributed by atoms with Gasteiger partial charge in [0.05, 0.1) is 27.1 Å². The molecule has 0 saturated heterocycles. The molecule has 1 aliphatic carbocycles. The molecule has 3 aromatic carbocycles. The highest BCUT2D eigenvalue weighted by atomic mass is 35.5. The maximum Gasteiger partial charge on any atom is 0.407 e. The zero-order valence-electron chi connectivity index (χ0n) is 27.2. The Bertz CT molecular complexity index is 1950. The van der Waals surface area contributed by atoms with E-state index in [0.717, 1.165) is 40.9 Å². The first-order valence-electron chi connectivity index (χ1n) is 15.4. The Morgan fingerprint density at radius 3 is 2.19 bits per heavy atom. The predicted molar refractivity (Wildman–Crippen MR) is 184 cm³/mol. The number of nitrogens with zero attached hydrogens (tertiary/aromatic N) is 1. The Morgan fingerprint density at radius 2 is 1.60 bits per heavy atom. The average molecular weight is 719 g/mol. The number of carbonyl (C=O) groups excluding carboxylic acids is 2. The van der Waals surface area contributed by atoms with Crippen LogP contribution in [0.4, 0.5) is 13.6 Å². The van der Waals surface area contributed by atoms with Gasteiger partial charge in [-0.3, -0.25) is 4.79 Å². The minimum absolute atomic E-state index is 0.0242. The lowest BCUT2D eigenvalue weighted by molar-refractivity contribution is 0.0453. The van der Waals surface area contributed by atoms with Gasteiger partial charge in [-0.15, -0.1) is 11.3 Å². The largest absolute Gasteiger partial charge is 0.496 e. The number of thiophene rings is 1. The zero-order chi connectivity index (χ0) is 35.0. The molecule has 13 heteroatoms. The van der Waals surface area contributed by atoms with E-state index in [-0.39, 0.29) is 43.5 Å². The van der Waals surface area contributed by atoms with Crippen LogP contribution >= 0.6 is 22.9 Å². The quantitative estimate of drug-likeness (QED) is 0.196. The summed E-state index contributed by atoms with van der Waals surface area (Å²) in [7, 11) is -1.85. The Morgan fingerprint density at radius 1 is 0.979 bits per heavy atom. The predicted octanol–water partition coefficient (Wildman–Crippen LogP) is 8.39. The van der Waals surface area contributed by atoms with Crippen molar-refractivity contribution in [2.45, 2.75) is 75.6 Å². The minimum atomic E-state index is -3.37. The summed E-state index contributed by atoms with van der Waals surface area (Å²) in [6.07, 6.45) is 2.85.